The maximum atomic E-state index is 12.8. The summed E-state index contributed by atoms with van der Waals surface area (Å²) in [5.41, 5.74) is -0.463. The van der Waals surface area contributed by atoms with E-state index in [-0.39, 0.29) is 12.0 Å². The van der Waals surface area contributed by atoms with Crippen LogP contribution in [0.2, 0.25) is 0 Å². The molecule has 5 heteroatoms. The number of hydrogen-bond acceptors (Lipinski definition) is 1. The summed E-state index contributed by atoms with van der Waals surface area (Å²) in [6.45, 7) is 0. The van der Waals surface area contributed by atoms with E-state index < -0.39 is 23.7 Å². The number of benzene rings is 2. The van der Waals surface area contributed by atoms with E-state index in [1.54, 1.807) is 0 Å². The van der Waals surface area contributed by atoms with Gasteiger partial charge in [0.1, 0.15) is 5.82 Å². The highest BCUT2D eigenvalue weighted by atomic mass is 19.4. The first-order valence-electron chi connectivity index (χ1n) is 5.96. The third-order valence-corrected chi connectivity index (χ3v) is 2.97. The Labute approximate surface area is 113 Å². The lowest BCUT2D eigenvalue weighted by Crippen LogP contribution is -2.13. The number of alkyl halides is 3. The summed E-state index contributed by atoms with van der Waals surface area (Å²) < 4.78 is 51.3. The van der Waals surface area contributed by atoms with Crippen LogP contribution in [-0.4, -0.2) is 5.11 Å². The molecule has 0 fully saturated rings. The van der Waals surface area contributed by atoms with Gasteiger partial charge in [-0.1, -0.05) is 30.3 Å². The highest BCUT2D eigenvalue weighted by Gasteiger charge is 2.34. The van der Waals surface area contributed by atoms with Crippen LogP contribution in [-0.2, 0) is 12.6 Å². The predicted octanol–water partition coefficient (Wildman–Crippen LogP) is 4.12. The second kappa shape index (κ2) is 5.63. The lowest BCUT2D eigenvalue weighted by atomic mass is 9.97. The molecule has 1 N–H and O–H groups in total. The van der Waals surface area contributed by atoms with Gasteiger partial charge in [-0.15, -0.1) is 0 Å². The first kappa shape index (κ1) is 14.5. The van der Waals surface area contributed by atoms with Crippen molar-refractivity contribution in [3.8, 4) is 0 Å². The van der Waals surface area contributed by atoms with Crippen molar-refractivity contribution in [2.75, 3.05) is 0 Å². The van der Waals surface area contributed by atoms with Crippen LogP contribution in [0.15, 0.2) is 48.5 Å². The van der Waals surface area contributed by atoms with Crippen molar-refractivity contribution in [1.29, 1.82) is 0 Å². The van der Waals surface area contributed by atoms with E-state index in [9.17, 15) is 22.7 Å². The van der Waals surface area contributed by atoms with E-state index in [0.717, 1.165) is 6.07 Å². The lowest BCUT2D eigenvalue weighted by molar-refractivity contribution is -0.139. The van der Waals surface area contributed by atoms with Crippen LogP contribution in [0.5, 0.6) is 0 Å². The monoisotopic (exact) mass is 284 g/mol. The molecule has 1 unspecified atom stereocenters. The van der Waals surface area contributed by atoms with Gasteiger partial charge in [0.2, 0.25) is 0 Å². The van der Waals surface area contributed by atoms with Crippen LogP contribution in [0.25, 0.3) is 0 Å². The largest absolute Gasteiger partial charge is 0.416 e. The highest BCUT2D eigenvalue weighted by Crippen LogP contribution is 2.35. The van der Waals surface area contributed by atoms with Gasteiger partial charge in [0, 0.05) is 6.42 Å². The van der Waals surface area contributed by atoms with Crippen LogP contribution in [0.3, 0.4) is 0 Å². The second-order valence-electron chi connectivity index (χ2n) is 4.43. The summed E-state index contributed by atoms with van der Waals surface area (Å²) in [5.74, 6) is -0.432. The number of hydrogen-bond donors (Lipinski definition) is 1. The Hall–Kier alpha value is -1.88. The molecule has 20 heavy (non-hydrogen) atoms. The summed E-state index contributed by atoms with van der Waals surface area (Å²) >= 11 is 0. The summed E-state index contributed by atoms with van der Waals surface area (Å²) in [5, 5.41) is 9.99. The molecule has 0 saturated carbocycles. The van der Waals surface area contributed by atoms with Crippen molar-refractivity contribution in [2.24, 2.45) is 0 Å². The standard InChI is InChI=1S/C15H12F4O/c16-11-7-5-10(6-8-11)9-14(20)12-3-1-2-4-13(12)15(17,18)19/h1-8,14,20H,9H2. The zero-order valence-electron chi connectivity index (χ0n) is 10.4. The minimum Gasteiger partial charge on any atom is -0.388 e. The van der Waals surface area contributed by atoms with Gasteiger partial charge in [0.05, 0.1) is 11.7 Å². The first-order chi connectivity index (χ1) is 9.38. The van der Waals surface area contributed by atoms with Crippen LogP contribution >= 0.6 is 0 Å². The molecule has 0 heterocycles. The lowest BCUT2D eigenvalue weighted by Gasteiger charge is -2.17. The van der Waals surface area contributed by atoms with Crippen molar-refractivity contribution in [3.63, 3.8) is 0 Å². The highest BCUT2D eigenvalue weighted by molar-refractivity contribution is 5.32. The van der Waals surface area contributed by atoms with Gasteiger partial charge in [-0.25, -0.2) is 4.39 Å². The number of aliphatic hydroxyl groups excluding tert-OH is 1. The van der Waals surface area contributed by atoms with Gasteiger partial charge < -0.3 is 5.11 Å². The molecule has 106 valence electrons. The molecule has 0 aromatic heterocycles. The van der Waals surface area contributed by atoms with E-state index in [1.165, 1.54) is 42.5 Å². The fraction of sp³-hybridized carbons (Fsp3) is 0.200. The molecule has 0 aliphatic rings. The molecule has 2 rings (SSSR count). The molecule has 0 aliphatic carbocycles. The fourth-order valence-corrected chi connectivity index (χ4v) is 2.00. The first-order valence-corrected chi connectivity index (χ1v) is 5.96. The normalized spacial score (nSPS) is 13.2. The molecule has 2 aromatic carbocycles. The summed E-state index contributed by atoms with van der Waals surface area (Å²) in [6.07, 6.45) is -5.81. The SMILES string of the molecule is OC(Cc1ccc(F)cc1)c1ccccc1C(F)(F)F. The molecular weight excluding hydrogens is 272 g/mol. The van der Waals surface area contributed by atoms with Gasteiger partial charge in [-0.05, 0) is 29.3 Å². The molecule has 0 aliphatic heterocycles. The van der Waals surface area contributed by atoms with E-state index >= 15 is 0 Å². The second-order valence-corrected chi connectivity index (χ2v) is 4.43. The molecule has 2 aromatic rings. The number of halogens is 4. The maximum absolute atomic E-state index is 12.8. The topological polar surface area (TPSA) is 20.2 Å². The van der Waals surface area contributed by atoms with E-state index in [2.05, 4.69) is 0 Å². The van der Waals surface area contributed by atoms with Crippen LogP contribution in [0.1, 0.15) is 22.8 Å². The van der Waals surface area contributed by atoms with Crippen molar-refractivity contribution >= 4 is 0 Å². The molecule has 1 nitrogen and oxygen atoms in total. The minimum absolute atomic E-state index is 0.00657. The number of rotatable bonds is 3. The molecular formula is C15H12F4O. The molecule has 0 bridgehead atoms. The summed E-state index contributed by atoms with van der Waals surface area (Å²) in [6, 6.07) is 10.2. The average molecular weight is 284 g/mol. The third kappa shape index (κ3) is 3.36. The van der Waals surface area contributed by atoms with Gasteiger partial charge >= 0.3 is 6.18 Å². The van der Waals surface area contributed by atoms with Gasteiger partial charge in [-0.2, -0.15) is 13.2 Å². The Balaban J connectivity index is 2.25. The molecule has 0 spiro atoms. The van der Waals surface area contributed by atoms with Crippen molar-refractivity contribution in [2.45, 2.75) is 18.7 Å². The number of aliphatic hydroxyl groups is 1. The molecule has 0 amide bonds. The fourth-order valence-electron chi connectivity index (χ4n) is 2.00. The molecule has 1 atom stereocenters. The average Bonchev–Trinajstić information content (AvgIpc) is 2.40. The molecule has 0 saturated heterocycles. The van der Waals surface area contributed by atoms with Crippen LogP contribution < -0.4 is 0 Å². The third-order valence-electron chi connectivity index (χ3n) is 2.97. The van der Waals surface area contributed by atoms with Crippen LogP contribution in [0.4, 0.5) is 17.6 Å². The van der Waals surface area contributed by atoms with Gasteiger partial charge in [0.25, 0.3) is 0 Å². The Morgan fingerprint density at radius 2 is 1.55 bits per heavy atom. The van der Waals surface area contributed by atoms with Crippen molar-refractivity contribution in [3.05, 3.63) is 71.0 Å². The summed E-state index contributed by atoms with van der Waals surface area (Å²) in [4.78, 5) is 0. The van der Waals surface area contributed by atoms with Crippen LogP contribution in [0, 0.1) is 5.82 Å². The van der Waals surface area contributed by atoms with Crippen molar-refractivity contribution in [1.82, 2.24) is 0 Å². The van der Waals surface area contributed by atoms with E-state index in [0.29, 0.717) is 5.56 Å². The predicted molar refractivity (Wildman–Crippen MR) is 66.5 cm³/mol. The Kier molecular flexibility index (Phi) is 4.09. The Morgan fingerprint density at radius 3 is 2.15 bits per heavy atom. The summed E-state index contributed by atoms with van der Waals surface area (Å²) in [7, 11) is 0. The molecule has 0 radical (unpaired) electrons. The quantitative estimate of drug-likeness (QED) is 0.841. The Morgan fingerprint density at radius 1 is 0.950 bits per heavy atom. The van der Waals surface area contributed by atoms with Gasteiger partial charge in [-0.3, -0.25) is 0 Å². The maximum Gasteiger partial charge on any atom is 0.416 e. The zero-order valence-corrected chi connectivity index (χ0v) is 10.4. The zero-order chi connectivity index (χ0) is 14.8. The van der Waals surface area contributed by atoms with E-state index in [1.807, 2.05) is 0 Å². The van der Waals surface area contributed by atoms with Gasteiger partial charge in [0.15, 0.2) is 0 Å². The van der Waals surface area contributed by atoms with E-state index in [4.69, 9.17) is 0 Å². The Bertz CT molecular complexity index is 575. The van der Waals surface area contributed by atoms with Crippen molar-refractivity contribution < 1.29 is 22.7 Å². The minimum atomic E-state index is -4.51. The smallest absolute Gasteiger partial charge is 0.388 e.